The molecule has 0 aromatic carbocycles. The van der Waals surface area contributed by atoms with E-state index in [9.17, 15) is 22.4 Å². The van der Waals surface area contributed by atoms with E-state index in [1.807, 2.05) is 0 Å². The second-order valence-electron chi connectivity index (χ2n) is 5.63. The van der Waals surface area contributed by atoms with Crippen molar-refractivity contribution in [1.82, 2.24) is 19.9 Å². The normalized spacial score (nSPS) is 18.7. The lowest BCUT2D eigenvalue weighted by Crippen LogP contribution is -2.39. The molecular weight excluding hydrogens is 328 g/mol. The topological polar surface area (TPSA) is 61.9 Å². The first kappa shape index (κ1) is 16.4. The largest absolute Gasteiger partial charge is 0.432 e. The summed E-state index contributed by atoms with van der Waals surface area (Å²) in [5, 5.41) is 0. The Morgan fingerprint density at radius 1 is 1.33 bits per heavy atom. The molecule has 3 rings (SSSR count). The van der Waals surface area contributed by atoms with Gasteiger partial charge in [0.1, 0.15) is 11.5 Å². The zero-order valence-electron chi connectivity index (χ0n) is 12.5. The lowest BCUT2D eigenvalue weighted by atomic mass is 9.96. The SMILES string of the molecule is O=C(c1ccncc1F)N1CCC[C@H](c2ncc(C(F)(F)F)[nH]2)C1. The number of nitrogens with zero attached hydrogens (tertiary/aromatic N) is 3. The van der Waals surface area contributed by atoms with Crippen LogP contribution in [0.5, 0.6) is 0 Å². The van der Waals surface area contributed by atoms with E-state index in [-0.39, 0.29) is 23.9 Å². The number of alkyl halides is 3. The molecule has 3 heterocycles. The molecule has 5 nitrogen and oxygen atoms in total. The van der Waals surface area contributed by atoms with Gasteiger partial charge in [-0.15, -0.1) is 0 Å². The van der Waals surface area contributed by atoms with Crippen LogP contribution in [0.2, 0.25) is 0 Å². The minimum Gasteiger partial charge on any atom is -0.338 e. The average molecular weight is 342 g/mol. The van der Waals surface area contributed by atoms with E-state index < -0.39 is 23.6 Å². The predicted molar refractivity (Wildman–Crippen MR) is 75.7 cm³/mol. The first-order chi connectivity index (χ1) is 11.4. The van der Waals surface area contributed by atoms with Crippen LogP contribution in [0, 0.1) is 5.82 Å². The molecule has 128 valence electrons. The number of H-pyrrole nitrogens is 1. The summed E-state index contributed by atoms with van der Waals surface area (Å²) >= 11 is 0. The third-order valence-electron chi connectivity index (χ3n) is 4.00. The van der Waals surface area contributed by atoms with Crippen molar-refractivity contribution in [3.63, 3.8) is 0 Å². The first-order valence-corrected chi connectivity index (χ1v) is 7.37. The van der Waals surface area contributed by atoms with E-state index in [2.05, 4.69) is 15.0 Å². The number of imidazole rings is 1. The van der Waals surface area contributed by atoms with Gasteiger partial charge in [0.05, 0.1) is 18.0 Å². The van der Waals surface area contributed by atoms with E-state index in [4.69, 9.17) is 0 Å². The van der Waals surface area contributed by atoms with Crippen LogP contribution in [0.4, 0.5) is 17.6 Å². The van der Waals surface area contributed by atoms with Crippen molar-refractivity contribution in [1.29, 1.82) is 0 Å². The minimum atomic E-state index is -4.49. The Morgan fingerprint density at radius 3 is 2.79 bits per heavy atom. The highest BCUT2D eigenvalue weighted by Crippen LogP contribution is 2.31. The molecule has 2 aromatic heterocycles. The summed E-state index contributed by atoms with van der Waals surface area (Å²) in [7, 11) is 0. The molecule has 24 heavy (non-hydrogen) atoms. The highest BCUT2D eigenvalue weighted by molar-refractivity contribution is 5.94. The fraction of sp³-hybridized carbons (Fsp3) is 0.400. The van der Waals surface area contributed by atoms with Crippen molar-refractivity contribution < 1.29 is 22.4 Å². The maximum atomic E-state index is 13.7. The molecule has 0 spiro atoms. The van der Waals surface area contributed by atoms with E-state index in [1.54, 1.807) is 0 Å². The number of halogens is 4. The van der Waals surface area contributed by atoms with Crippen LogP contribution < -0.4 is 0 Å². The van der Waals surface area contributed by atoms with Crippen molar-refractivity contribution in [2.45, 2.75) is 24.9 Å². The second-order valence-corrected chi connectivity index (χ2v) is 5.63. The van der Waals surface area contributed by atoms with Gasteiger partial charge in [-0.25, -0.2) is 9.37 Å². The van der Waals surface area contributed by atoms with Crippen LogP contribution in [0.25, 0.3) is 0 Å². The van der Waals surface area contributed by atoms with Gasteiger partial charge in [0.15, 0.2) is 5.82 Å². The van der Waals surface area contributed by atoms with Crippen molar-refractivity contribution >= 4 is 5.91 Å². The smallest absolute Gasteiger partial charge is 0.338 e. The van der Waals surface area contributed by atoms with Gasteiger partial charge in [-0.05, 0) is 18.9 Å². The number of rotatable bonds is 2. The molecule has 0 radical (unpaired) electrons. The van der Waals surface area contributed by atoms with Crippen molar-refractivity contribution in [3.05, 3.63) is 47.6 Å². The number of nitrogens with one attached hydrogen (secondary N) is 1. The maximum absolute atomic E-state index is 13.7. The van der Waals surface area contributed by atoms with Gasteiger partial charge in [-0.3, -0.25) is 9.78 Å². The van der Waals surface area contributed by atoms with Gasteiger partial charge in [0.25, 0.3) is 5.91 Å². The Labute approximate surface area is 134 Å². The number of aromatic nitrogens is 3. The number of piperidine rings is 1. The van der Waals surface area contributed by atoms with Crippen LogP contribution in [0.3, 0.4) is 0 Å². The molecule has 0 aliphatic carbocycles. The summed E-state index contributed by atoms with van der Waals surface area (Å²) in [5.41, 5.74) is -1.01. The standard InChI is InChI=1S/C15H14F4N4O/c16-11-6-20-4-3-10(11)14(24)23-5-1-2-9(8-23)13-21-7-12(22-13)15(17,18)19/h3-4,6-7,9H,1-2,5,8H2,(H,21,22)/t9-/m0/s1. The molecule has 2 aromatic rings. The van der Waals surface area contributed by atoms with Crippen LogP contribution in [0.1, 0.15) is 40.6 Å². The Balaban J connectivity index is 1.76. The van der Waals surface area contributed by atoms with Crippen LogP contribution in [-0.4, -0.2) is 38.8 Å². The van der Waals surface area contributed by atoms with E-state index in [0.717, 1.165) is 12.4 Å². The molecule has 0 bridgehead atoms. The van der Waals surface area contributed by atoms with Crippen molar-refractivity contribution in [2.24, 2.45) is 0 Å². The van der Waals surface area contributed by atoms with Crippen LogP contribution >= 0.6 is 0 Å². The Hall–Kier alpha value is -2.45. The molecule has 1 N–H and O–H groups in total. The second kappa shape index (κ2) is 6.21. The van der Waals surface area contributed by atoms with E-state index >= 15 is 0 Å². The minimum absolute atomic E-state index is 0.0962. The van der Waals surface area contributed by atoms with E-state index in [1.165, 1.54) is 17.2 Å². The molecule has 1 saturated heterocycles. The summed E-state index contributed by atoms with van der Waals surface area (Å²) in [5.74, 6) is -1.37. The first-order valence-electron chi connectivity index (χ1n) is 7.37. The fourth-order valence-corrected chi connectivity index (χ4v) is 2.79. The predicted octanol–water partition coefficient (Wildman–Crippen LogP) is 2.98. The highest BCUT2D eigenvalue weighted by atomic mass is 19.4. The van der Waals surface area contributed by atoms with Gasteiger partial charge in [0, 0.05) is 25.2 Å². The van der Waals surface area contributed by atoms with Gasteiger partial charge in [0.2, 0.25) is 0 Å². The average Bonchev–Trinajstić information content (AvgIpc) is 3.05. The summed E-state index contributed by atoms with van der Waals surface area (Å²) in [6, 6.07) is 1.29. The summed E-state index contributed by atoms with van der Waals surface area (Å²) in [6.07, 6.45) is -0.260. The quantitative estimate of drug-likeness (QED) is 0.854. The molecule has 0 unspecified atom stereocenters. The number of pyridine rings is 1. The number of carbonyl (C=O) groups is 1. The number of likely N-dealkylation sites (tertiary alicyclic amines) is 1. The molecule has 1 aliphatic rings. The number of aromatic amines is 1. The Kier molecular flexibility index (Phi) is 4.25. The van der Waals surface area contributed by atoms with Crippen molar-refractivity contribution in [3.8, 4) is 0 Å². The Bertz CT molecular complexity index is 743. The molecule has 1 aliphatic heterocycles. The van der Waals surface area contributed by atoms with Crippen LogP contribution in [-0.2, 0) is 6.18 Å². The number of hydrogen-bond donors (Lipinski definition) is 1. The molecule has 0 saturated carbocycles. The van der Waals surface area contributed by atoms with Gasteiger partial charge < -0.3 is 9.88 Å². The zero-order chi connectivity index (χ0) is 17.3. The zero-order valence-corrected chi connectivity index (χ0v) is 12.5. The summed E-state index contributed by atoms with van der Waals surface area (Å²) < 4.78 is 51.7. The van der Waals surface area contributed by atoms with Crippen LogP contribution in [0.15, 0.2) is 24.7 Å². The summed E-state index contributed by atoms with van der Waals surface area (Å²) in [4.78, 5) is 23.5. The molecule has 9 heteroatoms. The number of carbonyl (C=O) groups excluding carboxylic acids is 1. The number of amides is 1. The van der Waals surface area contributed by atoms with Gasteiger partial charge in [-0.2, -0.15) is 13.2 Å². The number of hydrogen-bond acceptors (Lipinski definition) is 3. The lowest BCUT2D eigenvalue weighted by molar-refractivity contribution is -0.141. The van der Waals surface area contributed by atoms with Gasteiger partial charge >= 0.3 is 6.18 Å². The summed E-state index contributed by atoms with van der Waals surface area (Å²) in [6.45, 7) is 0.606. The van der Waals surface area contributed by atoms with Crippen molar-refractivity contribution in [2.75, 3.05) is 13.1 Å². The molecule has 1 amide bonds. The lowest BCUT2D eigenvalue weighted by Gasteiger charge is -2.32. The van der Waals surface area contributed by atoms with E-state index in [0.29, 0.717) is 19.4 Å². The molecular formula is C15H14F4N4O. The molecule has 1 atom stereocenters. The third-order valence-corrected chi connectivity index (χ3v) is 4.00. The molecule has 1 fully saturated rings. The third kappa shape index (κ3) is 3.24. The fourth-order valence-electron chi connectivity index (χ4n) is 2.79. The maximum Gasteiger partial charge on any atom is 0.432 e. The monoisotopic (exact) mass is 342 g/mol. The Morgan fingerprint density at radius 2 is 2.12 bits per heavy atom. The van der Waals surface area contributed by atoms with Gasteiger partial charge in [-0.1, -0.05) is 0 Å². The highest BCUT2D eigenvalue weighted by Gasteiger charge is 2.35.